The molecule has 1 heterocycles. The van der Waals surface area contributed by atoms with Crippen LogP contribution in [0.2, 0.25) is 5.02 Å². The van der Waals surface area contributed by atoms with Crippen molar-refractivity contribution in [1.82, 2.24) is 15.2 Å². The van der Waals surface area contributed by atoms with Gasteiger partial charge in [-0.3, -0.25) is 16.0 Å². The van der Waals surface area contributed by atoms with E-state index in [1.165, 1.54) is 12.5 Å². The van der Waals surface area contributed by atoms with E-state index in [1.54, 1.807) is 11.6 Å². The van der Waals surface area contributed by atoms with Gasteiger partial charge in [-0.15, -0.1) is 0 Å². The van der Waals surface area contributed by atoms with Gasteiger partial charge in [-0.05, 0) is 13.3 Å². The van der Waals surface area contributed by atoms with Gasteiger partial charge in [-0.2, -0.15) is 5.10 Å². The van der Waals surface area contributed by atoms with E-state index in [0.717, 1.165) is 6.42 Å². The van der Waals surface area contributed by atoms with E-state index in [9.17, 15) is 8.42 Å². The Hall–Kier alpha value is -0.630. The van der Waals surface area contributed by atoms with Crippen LogP contribution in [-0.2, 0) is 16.4 Å². The molecule has 0 saturated heterocycles. The fourth-order valence-corrected chi connectivity index (χ4v) is 2.72. The lowest BCUT2D eigenvalue weighted by atomic mass is 10.1. The van der Waals surface area contributed by atoms with Crippen LogP contribution in [0.25, 0.3) is 0 Å². The molecular formula is C10H19ClN4O2S. The first-order chi connectivity index (χ1) is 8.32. The number of rotatable bonds is 6. The molecule has 0 fully saturated rings. The topological polar surface area (TPSA) is 90.0 Å². The molecule has 0 saturated carbocycles. The number of nitrogens with two attached hydrogens (primary N) is 1. The highest BCUT2D eigenvalue weighted by Gasteiger charge is 2.30. The van der Waals surface area contributed by atoms with E-state index in [1.807, 2.05) is 6.92 Å². The van der Waals surface area contributed by atoms with Crippen LogP contribution in [-0.4, -0.2) is 29.7 Å². The van der Waals surface area contributed by atoms with Crippen LogP contribution in [0.4, 0.5) is 0 Å². The average Bonchev–Trinajstić information content (AvgIpc) is 2.62. The maximum atomic E-state index is 11.6. The molecule has 104 valence electrons. The summed E-state index contributed by atoms with van der Waals surface area (Å²) in [6.45, 7) is 4.26. The summed E-state index contributed by atoms with van der Waals surface area (Å²) < 4.78 is 25.0. The maximum Gasteiger partial charge on any atom is 0.152 e. The second-order valence-electron chi connectivity index (χ2n) is 4.28. The van der Waals surface area contributed by atoms with Crippen LogP contribution in [0.5, 0.6) is 0 Å². The minimum absolute atomic E-state index is 0.418. The molecule has 3 N–H and O–H groups in total. The zero-order valence-corrected chi connectivity index (χ0v) is 12.3. The molecule has 2 unspecified atom stereocenters. The summed E-state index contributed by atoms with van der Waals surface area (Å²) in [4.78, 5) is 0. The first-order valence-electron chi connectivity index (χ1n) is 5.69. The molecule has 0 aliphatic heterocycles. The van der Waals surface area contributed by atoms with E-state index < -0.39 is 21.1 Å². The summed E-state index contributed by atoms with van der Waals surface area (Å²) >= 11 is 6.07. The Morgan fingerprint density at radius 2 is 2.22 bits per heavy atom. The van der Waals surface area contributed by atoms with Gasteiger partial charge in [0.15, 0.2) is 9.84 Å². The van der Waals surface area contributed by atoms with E-state index in [4.69, 9.17) is 17.4 Å². The number of hydrogen-bond donors (Lipinski definition) is 2. The van der Waals surface area contributed by atoms with Crippen molar-refractivity contribution in [1.29, 1.82) is 0 Å². The largest absolute Gasteiger partial charge is 0.271 e. The summed E-state index contributed by atoms with van der Waals surface area (Å²) in [5, 5.41) is 3.86. The van der Waals surface area contributed by atoms with Gasteiger partial charge in [0.05, 0.1) is 28.2 Å². The number of nitrogens with one attached hydrogen (secondary N) is 1. The van der Waals surface area contributed by atoms with Crippen molar-refractivity contribution in [2.75, 3.05) is 6.26 Å². The molecule has 0 bridgehead atoms. The fourth-order valence-electron chi connectivity index (χ4n) is 1.76. The molecular weight excluding hydrogens is 276 g/mol. The van der Waals surface area contributed by atoms with Crippen molar-refractivity contribution in [3.63, 3.8) is 0 Å². The molecule has 0 radical (unpaired) electrons. The lowest BCUT2D eigenvalue weighted by molar-refractivity contribution is 0.463. The molecule has 0 aliphatic rings. The van der Waals surface area contributed by atoms with Gasteiger partial charge in [0, 0.05) is 12.8 Å². The van der Waals surface area contributed by atoms with Crippen molar-refractivity contribution in [2.45, 2.75) is 38.1 Å². The zero-order chi connectivity index (χ0) is 13.9. The van der Waals surface area contributed by atoms with Crippen LogP contribution < -0.4 is 11.3 Å². The van der Waals surface area contributed by atoms with Gasteiger partial charge in [0.25, 0.3) is 0 Å². The molecule has 2 atom stereocenters. The Balaban J connectivity index is 3.20. The summed E-state index contributed by atoms with van der Waals surface area (Å²) in [6.07, 6.45) is 3.55. The smallest absolute Gasteiger partial charge is 0.152 e. The highest BCUT2D eigenvalue weighted by Crippen LogP contribution is 2.27. The highest BCUT2D eigenvalue weighted by molar-refractivity contribution is 7.91. The minimum atomic E-state index is -3.23. The monoisotopic (exact) mass is 294 g/mol. The highest BCUT2D eigenvalue weighted by atomic mass is 35.5. The normalized spacial score (nSPS) is 15.6. The molecule has 0 spiro atoms. The van der Waals surface area contributed by atoms with Crippen LogP contribution in [0.1, 0.15) is 32.0 Å². The van der Waals surface area contributed by atoms with Gasteiger partial charge in [-0.25, -0.2) is 8.42 Å². The lowest BCUT2D eigenvalue weighted by Gasteiger charge is -2.23. The summed E-state index contributed by atoms with van der Waals surface area (Å²) in [5.74, 6) is 5.48. The first-order valence-corrected chi connectivity index (χ1v) is 8.02. The molecule has 1 aromatic rings. The third-order valence-electron chi connectivity index (χ3n) is 2.89. The SMILES string of the molecule is CCCn1ncc(Cl)c1C(NN)C(C)S(C)(=O)=O. The second kappa shape index (κ2) is 6.01. The Morgan fingerprint density at radius 1 is 1.61 bits per heavy atom. The van der Waals surface area contributed by atoms with Crippen LogP contribution in [0.3, 0.4) is 0 Å². The number of sulfone groups is 1. The molecule has 8 heteroatoms. The van der Waals surface area contributed by atoms with Crippen LogP contribution in [0, 0.1) is 0 Å². The van der Waals surface area contributed by atoms with E-state index in [-0.39, 0.29) is 0 Å². The van der Waals surface area contributed by atoms with Gasteiger partial charge in [-0.1, -0.05) is 18.5 Å². The van der Waals surface area contributed by atoms with Gasteiger partial charge < -0.3 is 0 Å². The summed E-state index contributed by atoms with van der Waals surface area (Å²) in [7, 11) is -3.23. The van der Waals surface area contributed by atoms with E-state index in [0.29, 0.717) is 17.3 Å². The number of nitrogens with zero attached hydrogens (tertiary/aromatic N) is 2. The fraction of sp³-hybridized carbons (Fsp3) is 0.700. The van der Waals surface area contributed by atoms with E-state index in [2.05, 4.69) is 10.5 Å². The number of hydrazine groups is 1. The summed E-state index contributed by atoms with van der Waals surface area (Å²) in [5.41, 5.74) is 3.14. The Kier molecular flexibility index (Phi) is 5.15. The van der Waals surface area contributed by atoms with Gasteiger partial charge in [0.1, 0.15) is 0 Å². The minimum Gasteiger partial charge on any atom is -0.271 e. The number of hydrogen-bond acceptors (Lipinski definition) is 5. The van der Waals surface area contributed by atoms with Gasteiger partial charge >= 0.3 is 0 Å². The summed E-state index contributed by atoms with van der Waals surface area (Å²) in [6, 6.07) is -0.582. The van der Waals surface area contributed by atoms with Crippen molar-refractivity contribution < 1.29 is 8.42 Å². The first kappa shape index (κ1) is 15.4. The van der Waals surface area contributed by atoms with Crippen molar-refractivity contribution in [2.24, 2.45) is 5.84 Å². The molecule has 0 amide bonds. The number of halogens is 1. The number of aromatic nitrogens is 2. The lowest BCUT2D eigenvalue weighted by Crippen LogP contribution is -2.40. The average molecular weight is 295 g/mol. The maximum absolute atomic E-state index is 11.6. The molecule has 1 rings (SSSR count). The molecule has 0 aromatic carbocycles. The Bertz CT molecular complexity index is 500. The number of aryl methyl sites for hydroxylation is 1. The van der Waals surface area contributed by atoms with Crippen molar-refractivity contribution >= 4 is 21.4 Å². The third-order valence-corrected chi connectivity index (χ3v) is 4.80. The van der Waals surface area contributed by atoms with Crippen molar-refractivity contribution in [3.05, 3.63) is 16.9 Å². The van der Waals surface area contributed by atoms with Crippen LogP contribution >= 0.6 is 11.6 Å². The molecule has 0 aliphatic carbocycles. The Morgan fingerprint density at radius 3 is 2.67 bits per heavy atom. The molecule has 6 nitrogen and oxygen atoms in total. The predicted molar refractivity (Wildman–Crippen MR) is 71.9 cm³/mol. The van der Waals surface area contributed by atoms with Crippen LogP contribution in [0.15, 0.2) is 6.20 Å². The predicted octanol–water partition coefficient (Wildman–Crippen LogP) is 0.884. The molecule has 18 heavy (non-hydrogen) atoms. The van der Waals surface area contributed by atoms with E-state index >= 15 is 0 Å². The zero-order valence-electron chi connectivity index (χ0n) is 10.7. The van der Waals surface area contributed by atoms with Gasteiger partial charge in [0.2, 0.25) is 0 Å². The van der Waals surface area contributed by atoms with Crippen molar-refractivity contribution in [3.8, 4) is 0 Å². The standard InChI is InChI=1S/C10H19ClN4O2S/c1-4-5-15-10(8(11)6-13-15)9(14-12)7(2)18(3,16)17/h6-7,9,14H,4-5,12H2,1-3H3. The second-order valence-corrected chi connectivity index (χ2v) is 7.09. The third kappa shape index (κ3) is 3.23. The molecule has 1 aromatic heterocycles. The Labute approximate surface area is 112 Å². The quantitative estimate of drug-likeness (QED) is 0.600.